The SMILES string of the molecule is CCNC(=NCc1ccc(C(N)=O)o1)NCCc1c[nH]c2cc(F)ccc12.I. The number of carbonyl (C=O) groups is 1. The molecule has 3 rings (SSSR count). The predicted molar refractivity (Wildman–Crippen MR) is 117 cm³/mol. The number of hydrogen-bond acceptors (Lipinski definition) is 3. The number of rotatable bonds is 7. The summed E-state index contributed by atoms with van der Waals surface area (Å²) in [6.07, 6.45) is 2.65. The molecule has 150 valence electrons. The van der Waals surface area contributed by atoms with Gasteiger partial charge >= 0.3 is 0 Å². The van der Waals surface area contributed by atoms with Crippen LogP contribution in [0.4, 0.5) is 4.39 Å². The van der Waals surface area contributed by atoms with Gasteiger partial charge in [0.05, 0.1) is 0 Å². The van der Waals surface area contributed by atoms with Crippen LogP contribution in [0.5, 0.6) is 0 Å². The lowest BCUT2D eigenvalue weighted by Gasteiger charge is -2.10. The van der Waals surface area contributed by atoms with E-state index in [1.807, 2.05) is 13.1 Å². The Hall–Kier alpha value is -2.56. The van der Waals surface area contributed by atoms with Crippen LogP contribution in [-0.2, 0) is 13.0 Å². The minimum Gasteiger partial charge on any atom is -0.454 e. The van der Waals surface area contributed by atoms with Crippen LogP contribution in [0.1, 0.15) is 28.8 Å². The molecular formula is C19H23FIN5O2. The summed E-state index contributed by atoms with van der Waals surface area (Å²) in [6.45, 7) is 3.63. The number of nitrogens with two attached hydrogens (primary N) is 1. The Morgan fingerprint density at radius 2 is 2.11 bits per heavy atom. The van der Waals surface area contributed by atoms with Crippen molar-refractivity contribution in [2.75, 3.05) is 13.1 Å². The van der Waals surface area contributed by atoms with E-state index in [0.717, 1.165) is 22.9 Å². The van der Waals surface area contributed by atoms with E-state index < -0.39 is 5.91 Å². The summed E-state index contributed by atoms with van der Waals surface area (Å²) in [5.74, 6) is 0.455. The molecule has 3 aromatic rings. The molecule has 0 atom stereocenters. The second kappa shape index (κ2) is 10.1. The lowest BCUT2D eigenvalue weighted by Crippen LogP contribution is -2.38. The molecule has 28 heavy (non-hydrogen) atoms. The first-order chi connectivity index (χ1) is 13.1. The number of amides is 1. The van der Waals surface area contributed by atoms with Gasteiger partial charge in [-0.15, -0.1) is 24.0 Å². The van der Waals surface area contributed by atoms with Gasteiger partial charge in [0, 0.05) is 30.2 Å². The average Bonchev–Trinajstić information content (AvgIpc) is 3.26. The summed E-state index contributed by atoms with van der Waals surface area (Å²) in [5.41, 5.74) is 7.06. The zero-order chi connectivity index (χ0) is 19.2. The third kappa shape index (κ3) is 5.47. The van der Waals surface area contributed by atoms with E-state index in [4.69, 9.17) is 10.2 Å². The van der Waals surface area contributed by atoms with E-state index in [0.29, 0.717) is 24.8 Å². The smallest absolute Gasteiger partial charge is 0.284 e. The monoisotopic (exact) mass is 499 g/mol. The quantitative estimate of drug-likeness (QED) is 0.228. The lowest BCUT2D eigenvalue weighted by atomic mass is 10.1. The van der Waals surface area contributed by atoms with Crippen molar-refractivity contribution >= 4 is 46.7 Å². The fourth-order valence-corrected chi connectivity index (χ4v) is 2.77. The predicted octanol–water partition coefficient (Wildman–Crippen LogP) is 2.91. The van der Waals surface area contributed by atoms with Crippen molar-refractivity contribution in [3.8, 4) is 0 Å². The molecule has 0 unspecified atom stereocenters. The van der Waals surface area contributed by atoms with Gasteiger partial charge < -0.3 is 25.8 Å². The van der Waals surface area contributed by atoms with E-state index in [-0.39, 0.29) is 42.1 Å². The fraction of sp³-hybridized carbons (Fsp3) is 0.263. The molecule has 0 aliphatic carbocycles. The summed E-state index contributed by atoms with van der Waals surface area (Å²) < 4.78 is 18.6. The van der Waals surface area contributed by atoms with Crippen molar-refractivity contribution in [1.29, 1.82) is 0 Å². The van der Waals surface area contributed by atoms with Crippen molar-refractivity contribution < 1.29 is 13.6 Å². The maximum atomic E-state index is 13.3. The molecule has 0 aliphatic rings. The Balaban J connectivity index is 0.00000280. The number of nitrogens with zero attached hydrogens (tertiary/aromatic N) is 1. The second-order valence-electron chi connectivity index (χ2n) is 6.01. The number of primary amides is 1. The van der Waals surface area contributed by atoms with Gasteiger partial charge in [-0.25, -0.2) is 9.38 Å². The molecule has 9 heteroatoms. The number of aromatic amines is 1. The highest BCUT2D eigenvalue weighted by Crippen LogP contribution is 2.19. The molecule has 1 amide bonds. The molecule has 0 bridgehead atoms. The van der Waals surface area contributed by atoms with Gasteiger partial charge in [-0.3, -0.25) is 4.79 Å². The Labute approximate surface area is 179 Å². The zero-order valence-corrected chi connectivity index (χ0v) is 17.8. The van der Waals surface area contributed by atoms with Crippen LogP contribution in [0.25, 0.3) is 10.9 Å². The van der Waals surface area contributed by atoms with Gasteiger partial charge in [0.2, 0.25) is 0 Å². The summed E-state index contributed by atoms with van der Waals surface area (Å²) >= 11 is 0. The van der Waals surface area contributed by atoms with Gasteiger partial charge in [0.1, 0.15) is 18.1 Å². The van der Waals surface area contributed by atoms with Gasteiger partial charge in [0.25, 0.3) is 5.91 Å². The highest BCUT2D eigenvalue weighted by molar-refractivity contribution is 14.0. The molecule has 0 saturated carbocycles. The average molecular weight is 499 g/mol. The van der Waals surface area contributed by atoms with Crippen LogP contribution < -0.4 is 16.4 Å². The van der Waals surface area contributed by atoms with Crippen molar-refractivity contribution in [2.45, 2.75) is 19.9 Å². The number of H-pyrrole nitrogens is 1. The summed E-state index contributed by atoms with van der Waals surface area (Å²) in [5, 5.41) is 7.42. The number of furan rings is 1. The van der Waals surface area contributed by atoms with Crippen LogP contribution in [-0.4, -0.2) is 29.9 Å². The van der Waals surface area contributed by atoms with Gasteiger partial charge in [0.15, 0.2) is 11.7 Å². The van der Waals surface area contributed by atoms with E-state index in [1.165, 1.54) is 18.2 Å². The third-order valence-electron chi connectivity index (χ3n) is 4.06. The van der Waals surface area contributed by atoms with Crippen LogP contribution in [0, 0.1) is 5.82 Å². The van der Waals surface area contributed by atoms with Gasteiger partial charge in [-0.1, -0.05) is 0 Å². The first kappa shape index (κ1) is 21.7. The normalized spacial score (nSPS) is 11.3. The number of fused-ring (bicyclic) bond motifs is 1. The molecule has 7 nitrogen and oxygen atoms in total. The maximum Gasteiger partial charge on any atom is 0.284 e. The highest BCUT2D eigenvalue weighted by atomic mass is 127. The van der Waals surface area contributed by atoms with Gasteiger partial charge in [-0.05, 0) is 49.2 Å². The van der Waals surface area contributed by atoms with Crippen LogP contribution >= 0.6 is 24.0 Å². The summed E-state index contributed by atoms with van der Waals surface area (Å²) in [7, 11) is 0. The Morgan fingerprint density at radius 1 is 1.29 bits per heavy atom. The summed E-state index contributed by atoms with van der Waals surface area (Å²) in [4.78, 5) is 18.6. The molecule has 0 fully saturated rings. The Bertz CT molecular complexity index is 966. The molecule has 0 saturated heterocycles. The molecule has 1 aromatic carbocycles. The number of halogens is 2. The Kier molecular flexibility index (Phi) is 7.85. The number of benzene rings is 1. The Morgan fingerprint density at radius 3 is 2.82 bits per heavy atom. The van der Waals surface area contributed by atoms with Gasteiger partial charge in [-0.2, -0.15) is 0 Å². The van der Waals surface area contributed by atoms with Crippen LogP contribution in [0.3, 0.4) is 0 Å². The number of hydrogen-bond donors (Lipinski definition) is 4. The molecule has 0 spiro atoms. The zero-order valence-electron chi connectivity index (χ0n) is 15.4. The number of aliphatic imine (C=N–C) groups is 1. The molecule has 2 aromatic heterocycles. The van der Waals surface area contributed by atoms with Crippen molar-refractivity contribution in [3.05, 3.63) is 59.4 Å². The standard InChI is InChI=1S/C19H22FN5O2.HI/c1-2-22-19(25-11-14-4-6-17(27-14)18(21)26)23-8-7-12-10-24-16-9-13(20)3-5-15(12)16;/h3-6,9-10,24H,2,7-8,11H2,1H3,(H2,21,26)(H2,22,23,25);1H. The van der Waals surface area contributed by atoms with E-state index in [2.05, 4.69) is 20.6 Å². The van der Waals surface area contributed by atoms with Crippen molar-refractivity contribution in [2.24, 2.45) is 10.7 Å². The highest BCUT2D eigenvalue weighted by Gasteiger charge is 2.08. The van der Waals surface area contributed by atoms with Crippen LogP contribution in [0.2, 0.25) is 0 Å². The topological polar surface area (TPSA) is 108 Å². The maximum absolute atomic E-state index is 13.3. The number of nitrogens with one attached hydrogen (secondary N) is 3. The molecule has 0 aliphatic heterocycles. The number of carbonyl (C=O) groups excluding carboxylic acids is 1. The largest absolute Gasteiger partial charge is 0.454 e. The van der Waals surface area contributed by atoms with Crippen molar-refractivity contribution in [3.63, 3.8) is 0 Å². The number of guanidine groups is 1. The third-order valence-corrected chi connectivity index (χ3v) is 4.06. The van der Waals surface area contributed by atoms with E-state index >= 15 is 0 Å². The summed E-state index contributed by atoms with van der Waals surface area (Å²) in [6, 6.07) is 7.94. The van der Waals surface area contributed by atoms with E-state index in [9.17, 15) is 9.18 Å². The molecule has 5 N–H and O–H groups in total. The van der Waals surface area contributed by atoms with E-state index in [1.54, 1.807) is 12.1 Å². The lowest BCUT2D eigenvalue weighted by molar-refractivity contribution is 0.0972. The first-order valence-electron chi connectivity index (χ1n) is 8.73. The minimum absolute atomic E-state index is 0. The molecular weight excluding hydrogens is 476 g/mol. The first-order valence-corrected chi connectivity index (χ1v) is 8.73. The van der Waals surface area contributed by atoms with Crippen LogP contribution in [0.15, 0.2) is 45.9 Å². The molecule has 2 heterocycles. The second-order valence-corrected chi connectivity index (χ2v) is 6.01. The molecule has 0 radical (unpaired) electrons. The minimum atomic E-state index is -0.603. The fourth-order valence-electron chi connectivity index (χ4n) is 2.77. The number of aromatic nitrogens is 1. The van der Waals surface area contributed by atoms with Crippen molar-refractivity contribution in [1.82, 2.24) is 15.6 Å².